The number of aliphatic hydroxyl groups excluding tert-OH is 2. The maximum absolute atomic E-state index is 9.82. The fraction of sp³-hybridized carbons (Fsp3) is 0.385. The molecule has 2 nitrogen and oxygen atoms in total. The summed E-state index contributed by atoms with van der Waals surface area (Å²) in [6, 6.07) is 7.35. The van der Waals surface area contributed by atoms with E-state index in [-0.39, 0.29) is 5.92 Å². The number of halogens is 1. The zero-order chi connectivity index (χ0) is 12.1. The normalized spacial score (nSPS) is 14.1. The summed E-state index contributed by atoms with van der Waals surface area (Å²) in [6.07, 6.45) is -1.57. The smallest absolute Gasteiger partial charge is 0.141 e. The van der Waals surface area contributed by atoms with Crippen molar-refractivity contribution in [1.82, 2.24) is 0 Å². The summed E-state index contributed by atoms with van der Waals surface area (Å²) >= 11 is 3.34. The van der Waals surface area contributed by atoms with Gasteiger partial charge in [-0.1, -0.05) is 59.8 Å². The van der Waals surface area contributed by atoms with Gasteiger partial charge in [0.1, 0.15) is 12.2 Å². The number of benzene rings is 1. The molecular weight excluding hydrogens is 268 g/mol. The van der Waals surface area contributed by atoms with Crippen LogP contribution < -0.4 is 0 Å². The lowest BCUT2D eigenvalue weighted by Gasteiger charge is -2.08. The van der Waals surface area contributed by atoms with Gasteiger partial charge in [-0.05, 0) is 12.0 Å². The molecule has 0 heterocycles. The Hall–Kier alpha value is -0.820. The molecule has 1 rings (SSSR count). The molecule has 0 amide bonds. The fourth-order valence-corrected chi connectivity index (χ4v) is 1.61. The predicted octanol–water partition coefficient (Wildman–Crippen LogP) is 2.50. The molecule has 0 fully saturated rings. The molecule has 86 valence electrons. The van der Waals surface area contributed by atoms with E-state index in [4.69, 9.17) is 0 Å². The largest absolute Gasteiger partial charge is 0.380 e. The van der Waals surface area contributed by atoms with Gasteiger partial charge in [0.15, 0.2) is 0 Å². The molecule has 0 saturated carbocycles. The summed E-state index contributed by atoms with van der Waals surface area (Å²) in [6.45, 7) is 3.76. The van der Waals surface area contributed by atoms with Crippen LogP contribution in [0.3, 0.4) is 0 Å². The quantitative estimate of drug-likeness (QED) is 0.819. The monoisotopic (exact) mass is 282 g/mol. The number of aliphatic hydroxyl groups is 2. The Labute approximate surface area is 104 Å². The highest BCUT2D eigenvalue weighted by Gasteiger charge is 2.09. The first kappa shape index (κ1) is 13.2. The highest BCUT2D eigenvalue weighted by atomic mass is 79.9. The molecule has 0 aliphatic rings. The SMILES string of the molecule is CC(C)C(O)C#CC(O)c1ccccc1Br. The van der Waals surface area contributed by atoms with E-state index in [0.29, 0.717) is 5.56 Å². The summed E-state index contributed by atoms with van der Waals surface area (Å²) in [7, 11) is 0. The highest BCUT2D eigenvalue weighted by molar-refractivity contribution is 9.10. The Kier molecular flexibility index (Phi) is 5.01. The van der Waals surface area contributed by atoms with Gasteiger partial charge < -0.3 is 10.2 Å². The molecular formula is C13H15BrO2. The zero-order valence-corrected chi connectivity index (χ0v) is 10.9. The van der Waals surface area contributed by atoms with Gasteiger partial charge in [0.2, 0.25) is 0 Å². The van der Waals surface area contributed by atoms with E-state index in [9.17, 15) is 10.2 Å². The van der Waals surface area contributed by atoms with Gasteiger partial charge in [0.05, 0.1) is 0 Å². The van der Waals surface area contributed by atoms with Crippen molar-refractivity contribution >= 4 is 15.9 Å². The van der Waals surface area contributed by atoms with Crippen molar-refractivity contribution < 1.29 is 10.2 Å². The molecule has 2 unspecified atom stereocenters. The maximum Gasteiger partial charge on any atom is 0.141 e. The average Bonchev–Trinajstić information content (AvgIpc) is 2.25. The Balaban J connectivity index is 2.80. The second-order valence-electron chi connectivity index (χ2n) is 3.90. The summed E-state index contributed by atoms with van der Waals surface area (Å²) in [4.78, 5) is 0. The minimum Gasteiger partial charge on any atom is -0.380 e. The van der Waals surface area contributed by atoms with Gasteiger partial charge in [-0.15, -0.1) is 0 Å². The lowest BCUT2D eigenvalue weighted by atomic mass is 10.1. The van der Waals surface area contributed by atoms with E-state index in [2.05, 4.69) is 27.8 Å². The van der Waals surface area contributed by atoms with E-state index in [1.54, 1.807) is 6.07 Å². The van der Waals surface area contributed by atoms with Crippen LogP contribution in [0.1, 0.15) is 25.5 Å². The van der Waals surface area contributed by atoms with Crippen molar-refractivity contribution in [1.29, 1.82) is 0 Å². The van der Waals surface area contributed by atoms with Crippen LogP contribution in [0, 0.1) is 17.8 Å². The van der Waals surface area contributed by atoms with Crippen molar-refractivity contribution in [3.05, 3.63) is 34.3 Å². The van der Waals surface area contributed by atoms with Gasteiger partial charge in [0.25, 0.3) is 0 Å². The van der Waals surface area contributed by atoms with Crippen molar-refractivity contribution in [2.24, 2.45) is 5.92 Å². The van der Waals surface area contributed by atoms with Gasteiger partial charge >= 0.3 is 0 Å². The van der Waals surface area contributed by atoms with Crippen LogP contribution in [0.2, 0.25) is 0 Å². The van der Waals surface area contributed by atoms with Gasteiger partial charge in [-0.25, -0.2) is 0 Å². The first-order chi connectivity index (χ1) is 7.52. The summed E-state index contributed by atoms with van der Waals surface area (Å²) < 4.78 is 0.816. The third kappa shape index (κ3) is 3.64. The minimum absolute atomic E-state index is 0.0684. The molecule has 0 saturated heterocycles. The lowest BCUT2D eigenvalue weighted by Crippen LogP contribution is -2.11. The molecule has 3 heteroatoms. The van der Waals surface area contributed by atoms with Gasteiger partial charge in [-0.3, -0.25) is 0 Å². The molecule has 16 heavy (non-hydrogen) atoms. The molecule has 0 spiro atoms. The van der Waals surface area contributed by atoms with Crippen LogP contribution in [0.15, 0.2) is 28.7 Å². The van der Waals surface area contributed by atoms with E-state index in [0.717, 1.165) is 4.47 Å². The Bertz CT molecular complexity index is 404. The van der Waals surface area contributed by atoms with E-state index >= 15 is 0 Å². The highest BCUT2D eigenvalue weighted by Crippen LogP contribution is 2.22. The molecule has 0 bridgehead atoms. The van der Waals surface area contributed by atoms with Crippen molar-refractivity contribution in [3.63, 3.8) is 0 Å². The summed E-state index contributed by atoms with van der Waals surface area (Å²) in [5, 5.41) is 19.3. The van der Waals surface area contributed by atoms with Crippen LogP contribution in [-0.2, 0) is 0 Å². The van der Waals surface area contributed by atoms with Crippen LogP contribution in [0.4, 0.5) is 0 Å². The third-order valence-electron chi connectivity index (χ3n) is 2.20. The molecule has 2 atom stereocenters. The van der Waals surface area contributed by atoms with Crippen molar-refractivity contribution in [2.75, 3.05) is 0 Å². The number of rotatable bonds is 2. The van der Waals surface area contributed by atoms with Gasteiger partial charge in [0, 0.05) is 10.0 Å². The Morgan fingerprint density at radius 3 is 2.31 bits per heavy atom. The van der Waals surface area contributed by atoms with Crippen molar-refractivity contribution in [2.45, 2.75) is 26.1 Å². The molecule has 2 N–H and O–H groups in total. The number of hydrogen-bond acceptors (Lipinski definition) is 2. The Morgan fingerprint density at radius 2 is 1.75 bits per heavy atom. The van der Waals surface area contributed by atoms with Crippen LogP contribution >= 0.6 is 15.9 Å². The zero-order valence-electron chi connectivity index (χ0n) is 9.31. The van der Waals surface area contributed by atoms with E-state index < -0.39 is 12.2 Å². The standard InChI is InChI=1S/C13H15BrO2/c1-9(2)12(15)7-8-13(16)10-5-3-4-6-11(10)14/h3-6,9,12-13,15-16H,1-2H3. The Morgan fingerprint density at radius 1 is 1.12 bits per heavy atom. The molecule has 1 aromatic carbocycles. The van der Waals surface area contributed by atoms with Crippen molar-refractivity contribution in [3.8, 4) is 11.8 Å². The minimum atomic E-state index is -0.871. The third-order valence-corrected chi connectivity index (χ3v) is 2.92. The van der Waals surface area contributed by atoms with E-state index in [1.807, 2.05) is 32.0 Å². The van der Waals surface area contributed by atoms with Crippen LogP contribution in [0.5, 0.6) is 0 Å². The average molecular weight is 283 g/mol. The molecule has 0 radical (unpaired) electrons. The van der Waals surface area contributed by atoms with E-state index in [1.165, 1.54) is 0 Å². The maximum atomic E-state index is 9.82. The summed E-state index contributed by atoms with van der Waals surface area (Å²) in [5.41, 5.74) is 0.714. The first-order valence-corrected chi connectivity index (χ1v) is 5.93. The molecule has 0 aliphatic carbocycles. The first-order valence-electron chi connectivity index (χ1n) is 5.14. The number of hydrogen-bond donors (Lipinski definition) is 2. The summed E-state index contributed by atoms with van der Waals surface area (Å²) in [5.74, 6) is 5.36. The second kappa shape index (κ2) is 6.05. The molecule has 0 aliphatic heterocycles. The lowest BCUT2D eigenvalue weighted by molar-refractivity contribution is 0.179. The molecule has 1 aromatic rings. The fourth-order valence-electron chi connectivity index (χ4n) is 1.11. The topological polar surface area (TPSA) is 40.5 Å². The van der Waals surface area contributed by atoms with Crippen LogP contribution in [-0.4, -0.2) is 16.3 Å². The van der Waals surface area contributed by atoms with Crippen LogP contribution in [0.25, 0.3) is 0 Å². The van der Waals surface area contributed by atoms with Gasteiger partial charge in [-0.2, -0.15) is 0 Å². The molecule has 0 aromatic heterocycles. The second-order valence-corrected chi connectivity index (χ2v) is 4.76. The predicted molar refractivity (Wildman–Crippen MR) is 67.7 cm³/mol.